The minimum atomic E-state index is -0.164. The van der Waals surface area contributed by atoms with Crippen molar-refractivity contribution in [1.29, 1.82) is 0 Å². The van der Waals surface area contributed by atoms with Gasteiger partial charge in [0.05, 0.1) is 18.1 Å². The van der Waals surface area contributed by atoms with Crippen LogP contribution in [0.2, 0.25) is 0 Å². The number of rotatable bonds is 7. The van der Waals surface area contributed by atoms with Gasteiger partial charge in [-0.15, -0.1) is 0 Å². The van der Waals surface area contributed by atoms with Crippen LogP contribution in [0.3, 0.4) is 0 Å². The van der Waals surface area contributed by atoms with Gasteiger partial charge >= 0.3 is 0 Å². The van der Waals surface area contributed by atoms with Crippen LogP contribution in [0.15, 0.2) is 29.6 Å². The van der Waals surface area contributed by atoms with Gasteiger partial charge in [-0.25, -0.2) is 14.6 Å². The van der Waals surface area contributed by atoms with Crippen molar-refractivity contribution in [2.45, 2.75) is 43.6 Å². The monoisotopic (exact) mass is 454 g/mol. The third-order valence-electron chi connectivity index (χ3n) is 5.45. The lowest BCUT2D eigenvalue weighted by Gasteiger charge is -2.18. The van der Waals surface area contributed by atoms with Gasteiger partial charge in [0.1, 0.15) is 5.82 Å². The molecule has 3 aromatic rings. The number of hydrogen-bond acceptors (Lipinski definition) is 8. The second kappa shape index (κ2) is 8.85. The topological polar surface area (TPSA) is 94.4 Å². The molecule has 168 valence electrons. The van der Waals surface area contributed by atoms with Crippen LogP contribution in [0.25, 0.3) is 11.0 Å². The Morgan fingerprint density at radius 3 is 2.81 bits per heavy atom. The van der Waals surface area contributed by atoms with E-state index in [1.165, 1.54) is 12.8 Å². The van der Waals surface area contributed by atoms with Gasteiger partial charge in [-0.05, 0) is 31.0 Å². The van der Waals surface area contributed by atoms with Crippen LogP contribution in [-0.4, -0.2) is 57.3 Å². The van der Waals surface area contributed by atoms with Crippen LogP contribution in [0.5, 0.6) is 11.5 Å². The summed E-state index contributed by atoms with van der Waals surface area (Å²) in [5.74, 6) is 2.06. The number of nitrogens with zero attached hydrogens (tertiary/aromatic N) is 5. The number of amides is 1. The van der Waals surface area contributed by atoms with Crippen LogP contribution in [0, 0.1) is 0 Å². The maximum Gasteiger partial charge on any atom is 0.251 e. The molecule has 32 heavy (non-hydrogen) atoms. The highest BCUT2D eigenvalue weighted by molar-refractivity contribution is 7.99. The molecule has 1 N–H and O–H groups in total. The molecule has 0 atom stereocenters. The minimum absolute atomic E-state index is 0.164. The van der Waals surface area contributed by atoms with E-state index in [-0.39, 0.29) is 12.7 Å². The van der Waals surface area contributed by atoms with Crippen molar-refractivity contribution in [3.05, 3.63) is 30.0 Å². The van der Waals surface area contributed by atoms with Crippen molar-refractivity contribution in [3.63, 3.8) is 0 Å². The molecule has 0 bridgehead atoms. The van der Waals surface area contributed by atoms with Crippen LogP contribution >= 0.6 is 11.8 Å². The van der Waals surface area contributed by atoms with Crippen molar-refractivity contribution < 1.29 is 14.3 Å². The zero-order chi connectivity index (χ0) is 22.1. The lowest BCUT2D eigenvalue weighted by molar-refractivity contribution is 0.0951. The quantitative estimate of drug-likeness (QED) is 0.430. The Morgan fingerprint density at radius 1 is 1.19 bits per heavy atom. The first-order valence-electron chi connectivity index (χ1n) is 10.9. The summed E-state index contributed by atoms with van der Waals surface area (Å²) in [5.41, 5.74) is 1.34. The van der Waals surface area contributed by atoms with E-state index < -0.39 is 0 Å². The summed E-state index contributed by atoms with van der Waals surface area (Å²) in [5, 5.41) is 9.62. The predicted octanol–water partition coefficient (Wildman–Crippen LogP) is 3.09. The van der Waals surface area contributed by atoms with Gasteiger partial charge in [-0.2, -0.15) is 5.10 Å². The number of fused-ring (bicyclic) bond motifs is 2. The molecular formula is C22H26N6O3S. The molecule has 1 amide bonds. The number of anilines is 1. The lowest BCUT2D eigenvalue weighted by Crippen LogP contribution is -2.27. The van der Waals surface area contributed by atoms with Gasteiger partial charge < -0.3 is 19.7 Å². The lowest BCUT2D eigenvalue weighted by atomic mass is 10.2. The van der Waals surface area contributed by atoms with Crippen molar-refractivity contribution in [2.75, 3.05) is 31.3 Å². The molecule has 5 rings (SSSR count). The van der Waals surface area contributed by atoms with Crippen LogP contribution in [0.4, 0.5) is 5.82 Å². The summed E-state index contributed by atoms with van der Waals surface area (Å²) in [4.78, 5) is 24.5. The van der Waals surface area contributed by atoms with Gasteiger partial charge in [0.2, 0.25) is 6.79 Å². The highest BCUT2D eigenvalue weighted by Gasteiger charge is 2.21. The van der Waals surface area contributed by atoms with Gasteiger partial charge in [0.25, 0.3) is 5.91 Å². The Kier molecular flexibility index (Phi) is 5.77. The minimum Gasteiger partial charge on any atom is -0.454 e. The Morgan fingerprint density at radius 2 is 2.00 bits per heavy atom. The SMILES string of the molecule is CC(C)Sc1nc(N2CCCC2)c2cnn(CCNC(=O)c3ccc4c(c3)OCO4)c2n1. The standard InChI is InChI=1S/C22H26N6O3S/c1-14(2)32-22-25-19(27-8-3-4-9-27)16-12-24-28(20(16)26-22)10-7-23-21(29)15-5-6-17-18(11-15)31-13-30-17/h5-6,11-12,14H,3-4,7-10,13H2,1-2H3,(H,23,29). The fourth-order valence-corrected chi connectivity index (χ4v) is 4.63. The molecule has 2 aromatic heterocycles. The van der Waals surface area contributed by atoms with Crippen molar-refractivity contribution in [2.24, 2.45) is 0 Å². The third kappa shape index (κ3) is 4.19. The summed E-state index contributed by atoms with van der Waals surface area (Å²) in [6.45, 7) is 7.42. The van der Waals surface area contributed by atoms with Crippen molar-refractivity contribution in [1.82, 2.24) is 25.1 Å². The molecule has 1 aromatic carbocycles. The van der Waals surface area contributed by atoms with E-state index in [0.29, 0.717) is 35.4 Å². The average Bonchev–Trinajstić information content (AvgIpc) is 3.53. The Hall–Kier alpha value is -3.01. The maximum absolute atomic E-state index is 12.6. The number of benzene rings is 1. The van der Waals surface area contributed by atoms with Gasteiger partial charge in [-0.3, -0.25) is 4.79 Å². The summed E-state index contributed by atoms with van der Waals surface area (Å²) < 4.78 is 12.5. The fraction of sp³-hybridized carbons (Fsp3) is 0.455. The molecule has 10 heteroatoms. The van der Waals surface area contributed by atoms with Crippen molar-refractivity contribution in [3.8, 4) is 11.5 Å². The van der Waals surface area contributed by atoms with E-state index in [9.17, 15) is 4.79 Å². The van der Waals surface area contributed by atoms with Crippen LogP contribution in [-0.2, 0) is 6.54 Å². The first-order valence-corrected chi connectivity index (χ1v) is 11.8. The Labute approximate surface area is 190 Å². The number of carbonyl (C=O) groups excluding carboxylic acids is 1. The van der Waals surface area contributed by atoms with Crippen LogP contribution < -0.4 is 19.7 Å². The molecule has 2 aliphatic heterocycles. The predicted molar refractivity (Wildman–Crippen MR) is 123 cm³/mol. The number of nitrogens with one attached hydrogen (secondary N) is 1. The van der Waals surface area contributed by atoms with Crippen molar-refractivity contribution >= 4 is 34.5 Å². The van der Waals surface area contributed by atoms with Gasteiger partial charge in [0.15, 0.2) is 22.3 Å². The normalized spacial score (nSPS) is 15.2. The van der Waals surface area contributed by atoms with E-state index >= 15 is 0 Å². The molecule has 0 aliphatic carbocycles. The Bertz CT molecular complexity index is 1140. The maximum atomic E-state index is 12.6. The molecule has 0 unspecified atom stereocenters. The zero-order valence-corrected chi connectivity index (χ0v) is 19.0. The molecule has 9 nitrogen and oxygen atoms in total. The van der Waals surface area contributed by atoms with E-state index in [1.54, 1.807) is 30.0 Å². The number of aromatic nitrogens is 4. The summed E-state index contributed by atoms with van der Waals surface area (Å²) >= 11 is 1.65. The van der Waals surface area contributed by atoms with E-state index in [0.717, 1.165) is 35.1 Å². The number of ether oxygens (including phenoxy) is 2. The molecule has 2 aliphatic rings. The largest absolute Gasteiger partial charge is 0.454 e. The van der Waals surface area contributed by atoms with E-state index in [1.807, 2.05) is 10.9 Å². The van der Waals surface area contributed by atoms with Gasteiger partial charge in [-0.1, -0.05) is 25.6 Å². The molecule has 4 heterocycles. The second-order valence-corrected chi connectivity index (χ2v) is 9.66. The average molecular weight is 455 g/mol. The smallest absolute Gasteiger partial charge is 0.251 e. The summed E-state index contributed by atoms with van der Waals surface area (Å²) in [7, 11) is 0. The van der Waals surface area contributed by atoms with E-state index in [4.69, 9.17) is 19.4 Å². The third-order valence-corrected chi connectivity index (χ3v) is 6.31. The molecule has 0 saturated carbocycles. The molecule has 0 radical (unpaired) electrons. The van der Waals surface area contributed by atoms with Gasteiger partial charge in [0, 0.05) is 30.4 Å². The fourth-order valence-electron chi connectivity index (χ4n) is 3.93. The van der Waals surface area contributed by atoms with E-state index in [2.05, 4.69) is 29.2 Å². The highest BCUT2D eigenvalue weighted by atomic mass is 32.2. The Balaban J connectivity index is 1.32. The molecule has 0 spiro atoms. The summed E-state index contributed by atoms with van der Waals surface area (Å²) in [6.07, 6.45) is 4.20. The molecule has 1 fully saturated rings. The zero-order valence-electron chi connectivity index (χ0n) is 18.2. The number of hydrogen-bond donors (Lipinski definition) is 1. The number of carbonyl (C=O) groups is 1. The second-order valence-electron chi connectivity index (χ2n) is 8.12. The first-order chi connectivity index (χ1) is 15.6. The van der Waals surface area contributed by atoms with Crippen LogP contribution in [0.1, 0.15) is 37.0 Å². The number of thioether (sulfide) groups is 1. The highest BCUT2D eigenvalue weighted by Crippen LogP contribution is 2.33. The summed E-state index contributed by atoms with van der Waals surface area (Å²) in [6, 6.07) is 5.19. The molecule has 1 saturated heterocycles. The first kappa shape index (κ1) is 20.9. The molecular weight excluding hydrogens is 428 g/mol.